The minimum Gasteiger partial charge on any atom is -0.493 e. The highest BCUT2D eigenvalue weighted by Crippen LogP contribution is 2.40. The predicted molar refractivity (Wildman–Crippen MR) is 119 cm³/mol. The van der Waals surface area contributed by atoms with Crippen molar-refractivity contribution in [3.8, 4) is 28.5 Å². The van der Waals surface area contributed by atoms with E-state index >= 15 is 0 Å². The molecule has 0 saturated heterocycles. The maximum Gasteiger partial charge on any atom is 0.323 e. The number of nitrogens with zero attached hydrogens (tertiary/aromatic N) is 2. The number of hydrogen-bond acceptors (Lipinski definition) is 5. The number of carbonyl (C=O) groups is 1. The number of nitrogens with one attached hydrogen (secondary N) is 2. The summed E-state index contributed by atoms with van der Waals surface area (Å²) in [5, 5.41) is 5.63. The van der Waals surface area contributed by atoms with E-state index in [2.05, 4.69) is 15.6 Å². The molecule has 0 fully saturated rings. The number of aromatic nitrogens is 2. The lowest BCUT2D eigenvalue weighted by Crippen LogP contribution is -2.19. The van der Waals surface area contributed by atoms with Gasteiger partial charge in [0.05, 0.1) is 32.7 Å². The van der Waals surface area contributed by atoms with Crippen LogP contribution >= 0.6 is 0 Å². The van der Waals surface area contributed by atoms with E-state index in [4.69, 9.17) is 14.2 Å². The summed E-state index contributed by atoms with van der Waals surface area (Å²) in [6, 6.07) is 16.3. The van der Waals surface area contributed by atoms with E-state index in [-0.39, 0.29) is 0 Å². The summed E-state index contributed by atoms with van der Waals surface area (Å²) in [6.07, 6.45) is 3.89. The number of methoxy groups -OCH3 is 3. The molecule has 0 radical (unpaired) electrons. The Morgan fingerprint density at radius 2 is 1.61 bits per heavy atom. The van der Waals surface area contributed by atoms with Gasteiger partial charge in [-0.3, -0.25) is 0 Å². The van der Waals surface area contributed by atoms with Crippen LogP contribution in [-0.2, 0) is 0 Å². The Morgan fingerprint density at radius 1 is 0.871 bits per heavy atom. The Bertz CT molecular complexity index is 1180. The van der Waals surface area contributed by atoms with Crippen LogP contribution in [0.15, 0.2) is 67.0 Å². The molecule has 8 heteroatoms. The minimum atomic E-state index is -0.401. The Morgan fingerprint density at radius 3 is 2.29 bits per heavy atom. The first-order valence-electron chi connectivity index (χ1n) is 9.53. The number of ether oxygens (including phenoxy) is 3. The van der Waals surface area contributed by atoms with Crippen LogP contribution < -0.4 is 24.8 Å². The van der Waals surface area contributed by atoms with Gasteiger partial charge in [0, 0.05) is 35.8 Å². The number of fused-ring (bicyclic) bond motifs is 1. The molecule has 2 heterocycles. The molecule has 0 bridgehead atoms. The highest BCUT2D eigenvalue weighted by atomic mass is 16.5. The van der Waals surface area contributed by atoms with Crippen molar-refractivity contribution in [2.75, 3.05) is 32.0 Å². The smallest absolute Gasteiger partial charge is 0.323 e. The Kier molecular flexibility index (Phi) is 5.61. The molecule has 2 N–H and O–H groups in total. The molecule has 4 rings (SSSR count). The number of carbonyl (C=O) groups excluding carboxylic acids is 1. The van der Waals surface area contributed by atoms with Crippen molar-refractivity contribution in [1.29, 1.82) is 0 Å². The molecule has 0 aliphatic rings. The van der Waals surface area contributed by atoms with Crippen LogP contribution in [0.3, 0.4) is 0 Å². The molecule has 0 aliphatic heterocycles. The van der Waals surface area contributed by atoms with E-state index in [0.717, 1.165) is 16.9 Å². The van der Waals surface area contributed by atoms with Crippen LogP contribution in [0.5, 0.6) is 17.2 Å². The van der Waals surface area contributed by atoms with Gasteiger partial charge in [0.15, 0.2) is 11.5 Å². The Balaban J connectivity index is 1.52. The number of amides is 2. The van der Waals surface area contributed by atoms with E-state index in [1.165, 1.54) is 21.3 Å². The molecule has 0 aliphatic carbocycles. The first-order valence-corrected chi connectivity index (χ1v) is 9.53. The first kappa shape index (κ1) is 20.1. The van der Waals surface area contributed by atoms with Crippen molar-refractivity contribution < 1.29 is 19.0 Å². The lowest BCUT2D eigenvalue weighted by molar-refractivity contribution is 0.262. The highest BCUT2D eigenvalue weighted by molar-refractivity contribution is 6.00. The summed E-state index contributed by atoms with van der Waals surface area (Å²) in [5.41, 5.74) is 3.72. The number of hydrogen-bond donors (Lipinski definition) is 2. The van der Waals surface area contributed by atoms with E-state index in [9.17, 15) is 4.79 Å². The number of rotatable bonds is 6. The van der Waals surface area contributed by atoms with Crippen LogP contribution in [0, 0.1) is 0 Å². The molecule has 2 aromatic heterocycles. The number of anilines is 2. The zero-order valence-corrected chi connectivity index (χ0v) is 17.4. The van der Waals surface area contributed by atoms with Gasteiger partial charge in [-0.2, -0.15) is 0 Å². The third kappa shape index (κ3) is 4.23. The molecule has 0 spiro atoms. The fraction of sp³-hybridized carbons (Fsp3) is 0.130. The topological polar surface area (TPSA) is 86.1 Å². The third-order valence-electron chi connectivity index (χ3n) is 4.70. The monoisotopic (exact) mass is 418 g/mol. The van der Waals surface area contributed by atoms with Gasteiger partial charge in [-0.25, -0.2) is 9.78 Å². The molecule has 158 valence electrons. The third-order valence-corrected chi connectivity index (χ3v) is 4.70. The van der Waals surface area contributed by atoms with Crippen molar-refractivity contribution >= 4 is 23.1 Å². The summed E-state index contributed by atoms with van der Waals surface area (Å²) in [7, 11) is 4.56. The van der Waals surface area contributed by atoms with Crippen molar-refractivity contribution in [2.45, 2.75) is 0 Å². The number of urea groups is 1. The average Bonchev–Trinajstić information content (AvgIpc) is 3.23. The number of imidazole rings is 1. The summed E-state index contributed by atoms with van der Waals surface area (Å²) < 4.78 is 17.9. The fourth-order valence-electron chi connectivity index (χ4n) is 3.28. The molecule has 2 aromatic carbocycles. The molecule has 8 nitrogen and oxygen atoms in total. The van der Waals surface area contributed by atoms with Gasteiger partial charge < -0.3 is 29.2 Å². The van der Waals surface area contributed by atoms with E-state index in [1.807, 2.05) is 59.3 Å². The number of pyridine rings is 1. The molecule has 0 unspecified atom stereocenters. The zero-order chi connectivity index (χ0) is 21.8. The summed E-state index contributed by atoms with van der Waals surface area (Å²) in [6.45, 7) is 0. The summed E-state index contributed by atoms with van der Waals surface area (Å²) >= 11 is 0. The molecule has 2 amide bonds. The second-order valence-corrected chi connectivity index (χ2v) is 6.67. The number of benzene rings is 2. The van der Waals surface area contributed by atoms with E-state index in [0.29, 0.717) is 28.6 Å². The highest BCUT2D eigenvalue weighted by Gasteiger charge is 2.15. The normalized spacial score (nSPS) is 10.5. The minimum absolute atomic E-state index is 0.401. The van der Waals surface area contributed by atoms with Crippen molar-refractivity contribution in [3.05, 3.63) is 67.0 Å². The van der Waals surface area contributed by atoms with Gasteiger partial charge in [-0.15, -0.1) is 0 Å². The molecule has 4 aromatic rings. The maximum absolute atomic E-state index is 12.6. The quantitative estimate of drug-likeness (QED) is 0.475. The molecular formula is C23H22N4O4. The second kappa shape index (κ2) is 8.66. The second-order valence-electron chi connectivity index (χ2n) is 6.67. The molecule has 0 atom stereocenters. The maximum atomic E-state index is 12.6. The average molecular weight is 418 g/mol. The fourth-order valence-corrected chi connectivity index (χ4v) is 3.28. The Hall–Kier alpha value is -4.20. The van der Waals surface area contributed by atoms with Crippen LogP contribution in [0.2, 0.25) is 0 Å². The van der Waals surface area contributed by atoms with Gasteiger partial charge >= 0.3 is 6.03 Å². The summed E-state index contributed by atoms with van der Waals surface area (Å²) in [4.78, 5) is 17.2. The van der Waals surface area contributed by atoms with E-state index < -0.39 is 6.03 Å². The largest absolute Gasteiger partial charge is 0.493 e. The van der Waals surface area contributed by atoms with Gasteiger partial charge in [-0.05, 0) is 24.3 Å². The predicted octanol–water partition coefficient (Wildman–Crippen LogP) is 4.67. The van der Waals surface area contributed by atoms with E-state index in [1.54, 1.807) is 12.1 Å². The molecular weight excluding hydrogens is 396 g/mol. The standard InChI is InChI=1S/C23H22N4O4/c1-29-19-12-17(13-20(30-2)22(19)31-3)25-23(28)24-16-8-6-7-15(11-16)18-14-27-10-5-4-9-21(27)26-18/h4-14H,1-3H3,(H2,24,25,28). The van der Waals surface area contributed by atoms with Gasteiger partial charge in [0.1, 0.15) is 5.65 Å². The van der Waals surface area contributed by atoms with Crippen molar-refractivity contribution in [2.24, 2.45) is 0 Å². The Labute approximate surface area is 179 Å². The lowest BCUT2D eigenvalue weighted by Gasteiger charge is -2.15. The molecule has 0 saturated carbocycles. The van der Waals surface area contributed by atoms with Crippen molar-refractivity contribution in [1.82, 2.24) is 9.38 Å². The zero-order valence-electron chi connectivity index (χ0n) is 17.4. The van der Waals surface area contributed by atoms with Crippen LogP contribution in [0.4, 0.5) is 16.2 Å². The van der Waals surface area contributed by atoms with Gasteiger partial charge in [0.25, 0.3) is 0 Å². The summed E-state index contributed by atoms with van der Waals surface area (Å²) in [5.74, 6) is 1.35. The SMILES string of the molecule is COc1cc(NC(=O)Nc2cccc(-c3cn4ccccc4n3)c2)cc(OC)c1OC. The van der Waals surface area contributed by atoms with Gasteiger partial charge in [0.2, 0.25) is 5.75 Å². The van der Waals surface area contributed by atoms with Crippen LogP contribution in [0.1, 0.15) is 0 Å². The van der Waals surface area contributed by atoms with Crippen molar-refractivity contribution in [3.63, 3.8) is 0 Å². The first-order chi connectivity index (χ1) is 15.1. The van der Waals surface area contributed by atoms with Crippen LogP contribution in [-0.4, -0.2) is 36.7 Å². The van der Waals surface area contributed by atoms with Crippen LogP contribution in [0.25, 0.3) is 16.9 Å². The molecule has 31 heavy (non-hydrogen) atoms. The van der Waals surface area contributed by atoms with Gasteiger partial charge in [-0.1, -0.05) is 18.2 Å². The lowest BCUT2D eigenvalue weighted by atomic mass is 10.1.